The highest BCUT2D eigenvalue weighted by Crippen LogP contribution is 2.28. The lowest BCUT2D eigenvalue weighted by Gasteiger charge is -2.17. The lowest BCUT2D eigenvalue weighted by Crippen LogP contribution is -2.27. The molecule has 0 saturated carbocycles. The Morgan fingerprint density at radius 2 is 1.93 bits per heavy atom. The van der Waals surface area contributed by atoms with Gasteiger partial charge in [-0.3, -0.25) is 0 Å². The van der Waals surface area contributed by atoms with Crippen molar-refractivity contribution in [2.45, 2.75) is 19.4 Å². The Morgan fingerprint density at radius 3 is 2.40 bits per heavy atom. The maximum atomic E-state index is 12.7. The van der Waals surface area contributed by atoms with Crippen LogP contribution in [0.25, 0.3) is 0 Å². The van der Waals surface area contributed by atoms with E-state index in [4.69, 9.17) is 23.2 Å². The lowest BCUT2D eigenvalue weighted by molar-refractivity contribution is 0.0993. The molecule has 1 N–H and O–H groups in total. The van der Waals surface area contributed by atoms with Crippen LogP contribution in [0.1, 0.15) is 18.5 Å². The second-order valence-electron chi connectivity index (χ2n) is 3.04. The molecule has 0 radical (unpaired) electrons. The first-order valence-electron chi connectivity index (χ1n) is 4.52. The van der Waals surface area contributed by atoms with Crippen LogP contribution in [-0.2, 0) is 0 Å². The highest BCUT2D eigenvalue weighted by Gasteiger charge is 2.21. The predicted molar refractivity (Wildman–Crippen MR) is 58.9 cm³/mol. The molecule has 0 fully saturated rings. The van der Waals surface area contributed by atoms with E-state index in [0.29, 0.717) is 17.1 Å². The fourth-order valence-electron chi connectivity index (χ4n) is 1.28. The molecule has 1 rings (SSSR count). The molecule has 0 heterocycles. The summed E-state index contributed by atoms with van der Waals surface area (Å²) in [5.74, 6) is 0. The molecule has 0 aliphatic rings. The van der Waals surface area contributed by atoms with E-state index in [-0.39, 0.29) is 5.02 Å². The first kappa shape index (κ1) is 12.7. The lowest BCUT2D eigenvalue weighted by atomic mass is 10.1. The largest absolute Gasteiger partial charge is 0.306 e. The molecule has 0 bridgehead atoms. The average molecular weight is 254 g/mol. The Morgan fingerprint density at radius 1 is 1.27 bits per heavy atom. The monoisotopic (exact) mass is 253 g/mol. The van der Waals surface area contributed by atoms with Gasteiger partial charge < -0.3 is 5.32 Å². The molecule has 1 unspecified atom stereocenters. The molecule has 0 amide bonds. The molecule has 84 valence electrons. The molecule has 15 heavy (non-hydrogen) atoms. The number of halogens is 4. The zero-order valence-corrected chi connectivity index (χ0v) is 9.62. The first-order chi connectivity index (χ1) is 7.06. The van der Waals surface area contributed by atoms with Crippen LogP contribution in [0.3, 0.4) is 0 Å². The number of hydrogen-bond donors (Lipinski definition) is 1. The van der Waals surface area contributed by atoms with E-state index in [1.54, 1.807) is 13.0 Å². The van der Waals surface area contributed by atoms with E-state index in [1.807, 2.05) is 0 Å². The summed E-state index contributed by atoms with van der Waals surface area (Å²) in [7, 11) is 0. The summed E-state index contributed by atoms with van der Waals surface area (Å²) in [6.45, 7) is 2.24. The van der Waals surface area contributed by atoms with Crippen LogP contribution >= 0.6 is 23.2 Å². The van der Waals surface area contributed by atoms with E-state index in [9.17, 15) is 8.78 Å². The smallest absolute Gasteiger partial charge is 0.257 e. The van der Waals surface area contributed by atoms with Gasteiger partial charge in [0.05, 0.1) is 16.1 Å². The van der Waals surface area contributed by atoms with E-state index < -0.39 is 12.5 Å². The highest BCUT2D eigenvalue weighted by atomic mass is 35.5. The van der Waals surface area contributed by atoms with Gasteiger partial charge in [0.1, 0.15) is 0 Å². The van der Waals surface area contributed by atoms with Gasteiger partial charge in [-0.2, -0.15) is 0 Å². The molecule has 0 saturated heterocycles. The number of nitrogens with one attached hydrogen (secondary N) is 1. The number of rotatable bonds is 4. The predicted octanol–water partition coefficient (Wildman–Crippen LogP) is 3.91. The summed E-state index contributed by atoms with van der Waals surface area (Å²) in [4.78, 5) is 0. The molecule has 0 aromatic heterocycles. The van der Waals surface area contributed by atoms with Gasteiger partial charge in [-0.25, -0.2) is 8.78 Å². The van der Waals surface area contributed by atoms with Gasteiger partial charge in [0, 0.05) is 0 Å². The standard InChI is InChI=1S/C10H11Cl2F2N/c1-2-15-9(10(13)14)6-3-4-7(11)8(12)5-6/h3-5,9-10,15H,2H2,1H3. The molecule has 1 atom stereocenters. The summed E-state index contributed by atoms with van der Waals surface area (Å²) in [6, 6.07) is 3.54. The minimum Gasteiger partial charge on any atom is -0.306 e. The Labute approximate surface area is 97.4 Å². The molecule has 0 aliphatic carbocycles. The summed E-state index contributed by atoms with van der Waals surface area (Å²) in [6.07, 6.45) is -2.47. The van der Waals surface area contributed by atoms with Crippen molar-refractivity contribution in [3.8, 4) is 0 Å². The summed E-state index contributed by atoms with van der Waals surface area (Å²) < 4.78 is 25.3. The minimum absolute atomic E-state index is 0.290. The zero-order valence-electron chi connectivity index (χ0n) is 8.11. The third-order valence-electron chi connectivity index (χ3n) is 1.98. The van der Waals surface area contributed by atoms with E-state index in [0.717, 1.165) is 0 Å². The van der Waals surface area contributed by atoms with Crippen molar-refractivity contribution < 1.29 is 8.78 Å². The molecule has 0 spiro atoms. The van der Waals surface area contributed by atoms with Gasteiger partial charge >= 0.3 is 0 Å². The Bertz CT molecular complexity index is 331. The maximum absolute atomic E-state index is 12.7. The topological polar surface area (TPSA) is 12.0 Å². The van der Waals surface area contributed by atoms with E-state index in [2.05, 4.69) is 5.32 Å². The molecule has 5 heteroatoms. The van der Waals surface area contributed by atoms with Gasteiger partial charge in [-0.1, -0.05) is 36.2 Å². The van der Waals surface area contributed by atoms with Crippen molar-refractivity contribution >= 4 is 23.2 Å². The quantitative estimate of drug-likeness (QED) is 0.858. The molecule has 1 nitrogen and oxygen atoms in total. The summed E-state index contributed by atoms with van der Waals surface area (Å²) in [5.41, 5.74) is 0.446. The maximum Gasteiger partial charge on any atom is 0.257 e. The first-order valence-corrected chi connectivity index (χ1v) is 5.28. The van der Waals surface area contributed by atoms with Gasteiger partial charge in [0.15, 0.2) is 0 Å². The number of hydrogen-bond acceptors (Lipinski definition) is 1. The SMILES string of the molecule is CCNC(c1ccc(Cl)c(Cl)c1)C(F)F. The Kier molecular flexibility index (Phi) is 4.77. The van der Waals surface area contributed by atoms with Gasteiger partial charge in [-0.15, -0.1) is 0 Å². The van der Waals surface area contributed by atoms with Crippen LogP contribution in [0.5, 0.6) is 0 Å². The number of benzene rings is 1. The van der Waals surface area contributed by atoms with Crippen molar-refractivity contribution in [3.63, 3.8) is 0 Å². The second kappa shape index (κ2) is 5.64. The van der Waals surface area contributed by atoms with Crippen LogP contribution in [-0.4, -0.2) is 13.0 Å². The van der Waals surface area contributed by atoms with Gasteiger partial charge in [-0.05, 0) is 24.2 Å². The minimum atomic E-state index is -2.47. The van der Waals surface area contributed by atoms with Gasteiger partial charge in [0.2, 0.25) is 0 Å². The number of alkyl halides is 2. The Balaban J connectivity index is 2.95. The fourth-order valence-corrected chi connectivity index (χ4v) is 1.58. The van der Waals surface area contributed by atoms with Gasteiger partial charge in [0.25, 0.3) is 6.43 Å². The van der Waals surface area contributed by atoms with Crippen LogP contribution in [0.2, 0.25) is 10.0 Å². The molecular weight excluding hydrogens is 243 g/mol. The van der Waals surface area contributed by atoms with Crippen molar-refractivity contribution in [3.05, 3.63) is 33.8 Å². The van der Waals surface area contributed by atoms with Crippen molar-refractivity contribution in [1.29, 1.82) is 0 Å². The fraction of sp³-hybridized carbons (Fsp3) is 0.400. The van der Waals surface area contributed by atoms with Crippen molar-refractivity contribution in [2.75, 3.05) is 6.54 Å². The van der Waals surface area contributed by atoms with E-state index >= 15 is 0 Å². The van der Waals surface area contributed by atoms with Crippen LogP contribution in [0.4, 0.5) is 8.78 Å². The van der Waals surface area contributed by atoms with E-state index in [1.165, 1.54) is 12.1 Å². The van der Waals surface area contributed by atoms with Crippen LogP contribution in [0.15, 0.2) is 18.2 Å². The highest BCUT2D eigenvalue weighted by molar-refractivity contribution is 6.42. The third kappa shape index (κ3) is 3.30. The van der Waals surface area contributed by atoms with Crippen LogP contribution in [0, 0.1) is 0 Å². The molecule has 0 aliphatic heterocycles. The van der Waals surface area contributed by atoms with Crippen molar-refractivity contribution in [2.24, 2.45) is 0 Å². The Hall–Kier alpha value is -0.380. The second-order valence-corrected chi connectivity index (χ2v) is 3.86. The van der Waals surface area contributed by atoms with Crippen molar-refractivity contribution in [1.82, 2.24) is 5.32 Å². The average Bonchev–Trinajstić information content (AvgIpc) is 2.18. The van der Waals surface area contributed by atoms with Crippen LogP contribution < -0.4 is 5.32 Å². The third-order valence-corrected chi connectivity index (χ3v) is 2.72. The normalized spacial score (nSPS) is 13.2. The summed E-state index contributed by atoms with van der Waals surface area (Å²) in [5, 5.41) is 3.35. The zero-order chi connectivity index (χ0) is 11.4. The molecular formula is C10H11Cl2F2N. The molecule has 1 aromatic carbocycles. The molecule has 1 aromatic rings. The summed E-state index contributed by atoms with van der Waals surface area (Å²) >= 11 is 11.5.